The van der Waals surface area contributed by atoms with Gasteiger partial charge in [0.2, 0.25) is 5.95 Å². The normalized spacial score (nSPS) is 21.1. The molecule has 3 heterocycles. The van der Waals surface area contributed by atoms with Gasteiger partial charge in [-0.05, 0) is 6.07 Å². The molecule has 3 rings (SSSR count). The molecule has 0 atom stereocenters. The van der Waals surface area contributed by atoms with Crippen LogP contribution in [0.4, 0.5) is 11.8 Å². The van der Waals surface area contributed by atoms with E-state index in [0.717, 1.165) is 64.1 Å². The molecular weight excluding hydrogens is 228 g/mol. The zero-order chi connectivity index (χ0) is 12.2. The van der Waals surface area contributed by atoms with E-state index >= 15 is 0 Å². The first-order valence-corrected chi connectivity index (χ1v) is 6.68. The second kappa shape index (κ2) is 5.49. The van der Waals surface area contributed by atoms with Crippen LogP contribution in [-0.4, -0.2) is 62.3 Å². The van der Waals surface area contributed by atoms with Crippen LogP contribution in [0.15, 0.2) is 12.3 Å². The van der Waals surface area contributed by atoms with E-state index in [0.29, 0.717) is 0 Å². The van der Waals surface area contributed by atoms with E-state index in [1.165, 1.54) is 0 Å². The van der Waals surface area contributed by atoms with Crippen molar-refractivity contribution >= 4 is 11.8 Å². The molecule has 2 aliphatic heterocycles. The molecule has 0 amide bonds. The number of anilines is 2. The minimum atomic E-state index is 0.868. The van der Waals surface area contributed by atoms with Gasteiger partial charge in [0.05, 0.1) is 0 Å². The Balaban J connectivity index is 1.75. The molecule has 1 aromatic heterocycles. The number of aromatic nitrogens is 2. The van der Waals surface area contributed by atoms with Crippen molar-refractivity contribution in [1.82, 2.24) is 20.6 Å². The number of nitrogens with one attached hydrogen (secondary N) is 2. The van der Waals surface area contributed by atoms with Crippen LogP contribution in [0.1, 0.15) is 0 Å². The highest BCUT2D eigenvalue weighted by Crippen LogP contribution is 2.15. The Labute approximate surface area is 107 Å². The van der Waals surface area contributed by atoms with Crippen molar-refractivity contribution in [2.24, 2.45) is 0 Å². The first-order valence-electron chi connectivity index (χ1n) is 6.68. The van der Waals surface area contributed by atoms with Crippen LogP contribution in [0.5, 0.6) is 0 Å². The second-order valence-electron chi connectivity index (χ2n) is 4.69. The highest BCUT2D eigenvalue weighted by atomic mass is 15.3. The molecule has 2 aliphatic rings. The zero-order valence-electron chi connectivity index (χ0n) is 10.6. The fraction of sp³-hybridized carbons (Fsp3) is 0.667. The van der Waals surface area contributed by atoms with Gasteiger partial charge >= 0.3 is 0 Å². The van der Waals surface area contributed by atoms with Crippen LogP contribution in [0.3, 0.4) is 0 Å². The zero-order valence-corrected chi connectivity index (χ0v) is 10.6. The molecule has 2 fully saturated rings. The van der Waals surface area contributed by atoms with E-state index in [9.17, 15) is 0 Å². The van der Waals surface area contributed by atoms with Crippen LogP contribution in [-0.2, 0) is 0 Å². The summed E-state index contributed by atoms with van der Waals surface area (Å²) in [6.45, 7) is 8.13. The molecular formula is C12H20N6. The summed E-state index contributed by atoms with van der Waals surface area (Å²) in [5.41, 5.74) is 0. The van der Waals surface area contributed by atoms with Gasteiger partial charge in [-0.3, -0.25) is 0 Å². The Morgan fingerprint density at radius 1 is 0.889 bits per heavy atom. The Hall–Kier alpha value is -1.40. The lowest BCUT2D eigenvalue weighted by Gasteiger charge is -2.31. The summed E-state index contributed by atoms with van der Waals surface area (Å²) in [5.74, 6) is 1.92. The van der Waals surface area contributed by atoms with E-state index in [-0.39, 0.29) is 0 Å². The lowest BCUT2D eigenvalue weighted by molar-refractivity contribution is 0.572. The van der Waals surface area contributed by atoms with Crippen molar-refractivity contribution in [3.8, 4) is 0 Å². The summed E-state index contributed by atoms with van der Waals surface area (Å²) in [7, 11) is 0. The van der Waals surface area contributed by atoms with Gasteiger partial charge in [-0.1, -0.05) is 0 Å². The minimum absolute atomic E-state index is 0.868. The van der Waals surface area contributed by atoms with Crippen molar-refractivity contribution in [3.63, 3.8) is 0 Å². The Kier molecular flexibility index (Phi) is 3.56. The van der Waals surface area contributed by atoms with Crippen LogP contribution in [0.2, 0.25) is 0 Å². The predicted molar refractivity (Wildman–Crippen MR) is 72.2 cm³/mol. The Bertz CT molecular complexity index is 351. The van der Waals surface area contributed by atoms with Crippen LogP contribution < -0.4 is 20.4 Å². The van der Waals surface area contributed by atoms with Crippen molar-refractivity contribution in [3.05, 3.63) is 12.3 Å². The summed E-state index contributed by atoms with van der Waals surface area (Å²) in [6.07, 6.45) is 1.88. The second-order valence-corrected chi connectivity index (χ2v) is 4.69. The SMILES string of the molecule is c1cc(N2CCNCC2)nc(N2CCNCC2)n1. The fourth-order valence-corrected chi connectivity index (χ4v) is 2.43. The molecule has 98 valence electrons. The maximum Gasteiger partial charge on any atom is 0.227 e. The van der Waals surface area contributed by atoms with Crippen molar-refractivity contribution in [2.45, 2.75) is 0 Å². The minimum Gasteiger partial charge on any atom is -0.354 e. The highest BCUT2D eigenvalue weighted by molar-refractivity contribution is 5.44. The van der Waals surface area contributed by atoms with Crippen molar-refractivity contribution in [2.75, 3.05) is 62.2 Å². The summed E-state index contributed by atoms with van der Waals surface area (Å²) >= 11 is 0. The first kappa shape index (κ1) is 11.7. The van der Waals surface area contributed by atoms with E-state index in [2.05, 4.69) is 25.4 Å². The number of piperazine rings is 2. The molecule has 18 heavy (non-hydrogen) atoms. The quantitative estimate of drug-likeness (QED) is 0.721. The predicted octanol–water partition coefficient (Wildman–Crippen LogP) is -0.704. The van der Waals surface area contributed by atoms with Gasteiger partial charge in [0.1, 0.15) is 5.82 Å². The third kappa shape index (κ3) is 2.54. The molecule has 0 aromatic carbocycles. The van der Waals surface area contributed by atoms with Crippen LogP contribution in [0.25, 0.3) is 0 Å². The lowest BCUT2D eigenvalue weighted by Crippen LogP contribution is -2.45. The maximum absolute atomic E-state index is 4.71. The average Bonchev–Trinajstić information content (AvgIpc) is 2.49. The van der Waals surface area contributed by atoms with E-state index in [4.69, 9.17) is 4.98 Å². The Morgan fingerprint density at radius 3 is 2.17 bits per heavy atom. The van der Waals surface area contributed by atoms with Crippen molar-refractivity contribution < 1.29 is 0 Å². The third-order valence-corrected chi connectivity index (χ3v) is 3.47. The molecule has 6 nitrogen and oxygen atoms in total. The number of nitrogens with zero attached hydrogens (tertiary/aromatic N) is 4. The standard InChI is InChI=1S/C12H20N6/c1-2-15-12(18-9-5-14-6-10-18)16-11(1)17-7-3-13-4-8-17/h1-2,13-14H,3-10H2. The molecule has 0 spiro atoms. The number of rotatable bonds is 2. The highest BCUT2D eigenvalue weighted by Gasteiger charge is 2.16. The molecule has 0 radical (unpaired) electrons. The maximum atomic E-state index is 4.71. The van der Waals surface area contributed by atoms with Gasteiger partial charge in [-0.2, -0.15) is 4.98 Å². The molecule has 0 aliphatic carbocycles. The van der Waals surface area contributed by atoms with Crippen LogP contribution in [0, 0.1) is 0 Å². The van der Waals surface area contributed by atoms with Gasteiger partial charge in [0, 0.05) is 58.6 Å². The van der Waals surface area contributed by atoms with Crippen LogP contribution >= 0.6 is 0 Å². The Morgan fingerprint density at radius 2 is 1.50 bits per heavy atom. The van der Waals surface area contributed by atoms with E-state index < -0.39 is 0 Å². The van der Waals surface area contributed by atoms with Crippen molar-refractivity contribution in [1.29, 1.82) is 0 Å². The summed E-state index contributed by atoms with van der Waals surface area (Å²) in [5, 5.41) is 6.71. The largest absolute Gasteiger partial charge is 0.354 e. The topological polar surface area (TPSA) is 56.3 Å². The number of hydrogen-bond acceptors (Lipinski definition) is 6. The fourth-order valence-electron chi connectivity index (χ4n) is 2.43. The molecule has 6 heteroatoms. The van der Waals surface area contributed by atoms with Gasteiger partial charge in [-0.15, -0.1) is 0 Å². The molecule has 2 saturated heterocycles. The monoisotopic (exact) mass is 248 g/mol. The van der Waals surface area contributed by atoms with Gasteiger partial charge in [0.25, 0.3) is 0 Å². The molecule has 0 unspecified atom stereocenters. The van der Waals surface area contributed by atoms with Gasteiger partial charge < -0.3 is 20.4 Å². The summed E-state index contributed by atoms with van der Waals surface area (Å²) < 4.78 is 0. The number of hydrogen-bond donors (Lipinski definition) is 2. The van der Waals surface area contributed by atoms with Gasteiger partial charge in [0.15, 0.2) is 0 Å². The van der Waals surface area contributed by atoms with E-state index in [1.54, 1.807) is 0 Å². The smallest absolute Gasteiger partial charge is 0.227 e. The molecule has 0 saturated carbocycles. The van der Waals surface area contributed by atoms with Gasteiger partial charge in [-0.25, -0.2) is 4.98 Å². The third-order valence-electron chi connectivity index (χ3n) is 3.47. The average molecular weight is 248 g/mol. The summed E-state index contributed by atoms with van der Waals surface area (Å²) in [4.78, 5) is 13.7. The van der Waals surface area contributed by atoms with E-state index in [1.807, 2.05) is 12.3 Å². The molecule has 1 aromatic rings. The lowest BCUT2D eigenvalue weighted by atomic mass is 10.3. The first-order chi connectivity index (χ1) is 8.93. The molecule has 2 N–H and O–H groups in total. The summed E-state index contributed by atoms with van der Waals surface area (Å²) in [6, 6.07) is 2.01. The molecule has 0 bridgehead atoms.